The first-order valence-corrected chi connectivity index (χ1v) is 15.9. The van der Waals surface area contributed by atoms with Crippen LogP contribution in [0.4, 0.5) is 8.78 Å². The molecule has 0 aliphatic carbocycles. The molecule has 0 saturated carbocycles. The van der Waals surface area contributed by atoms with Crippen molar-refractivity contribution in [1.29, 1.82) is 0 Å². The topological polar surface area (TPSA) is 79.1 Å². The minimum absolute atomic E-state index is 0.0145. The largest absolute Gasteiger partial charge is 0.490 e. The van der Waals surface area contributed by atoms with Gasteiger partial charge in [-0.15, -0.1) is 0 Å². The third-order valence-corrected chi connectivity index (χ3v) is 8.45. The number of rotatable bonds is 10. The SMILES string of the molecule is CCOC(=O)C1=C(c2ccccc2)N=c2s/c(=C\c3ccc(OCc4ccccc4F)c(OCC)c3)c(=O)n2[C@@H]1c1ccc(F)cc1. The van der Waals surface area contributed by atoms with Gasteiger partial charge >= 0.3 is 5.97 Å². The van der Waals surface area contributed by atoms with Crippen LogP contribution in [0.15, 0.2) is 112 Å². The van der Waals surface area contributed by atoms with E-state index in [9.17, 15) is 18.4 Å². The van der Waals surface area contributed by atoms with Crippen molar-refractivity contribution in [1.82, 2.24) is 4.57 Å². The van der Waals surface area contributed by atoms with Crippen molar-refractivity contribution in [3.8, 4) is 11.5 Å². The van der Waals surface area contributed by atoms with Crippen molar-refractivity contribution in [3.05, 3.63) is 156 Å². The van der Waals surface area contributed by atoms with Gasteiger partial charge in [0.15, 0.2) is 16.3 Å². The second-order valence-electron chi connectivity index (χ2n) is 10.5. The molecular formula is C37H30F2N2O5S. The fraction of sp³-hybridized carbons (Fsp3) is 0.162. The Balaban J connectivity index is 1.48. The van der Waals surface area contributed by atoms with E-state index in [2.05, 4.69) is 0 Å². The van der Waals surface area contributed by atoms with Crippen molar-refractivity contribution in [2.24, 2.45) is 4.99 Å². The highest BCUT2D eigenvalue weighted by molar-refractivity contribution is 7.07. The number of thiazole rings is 1. The molecule has 0 spiro atoms. The van der Waals surface area contributed by atoms with Gasteiger partial charge in [0.25, 0.3) is 5.56 Å². The Morgan fingerprint density at radius 1 is 0.894 bits per heavy atom. The molecule has 10 heteroatoms. The molecule has 4 aromatic carbocycles. The summed E-state index contributed by atoms with van der Waals surface area (Å²) in [5.41, 5.74) is 2.44. The highest BCUT2D eigenvalue weighted by atomic mass is 32.1. The van der Waals surface area contributed by atoms with Crippen LogP contribution in [0, 0.1) is 11.6 Å². The zero-order valence-electron chi connectivity index (χ0n) is 25.6. The Kier molecular flexibility index (Phi) is 9.40. The van der Waals surface area contributed by atoms with E-state index in [-0.39, 0.29) is 30.2 Å². The Morgan fingerprint density at radius 2 is 1.64 bits per heavy atom. The van der Waals surface area contributed by atoms with Crippen LogP contribution in [0.2, 0.25) is 0 Å². The van der Waals surface area contributed by atoms with Gasteiger partial charge in [0.1, 0.15) is 18.2 Å². The lowest BCUT2D eigenvalue weighted by atomic mass is 9.93. The molecule has 1 aliphatic heterocycles. The molecule has 1 aliphatic rings. The summed E-state index contributed by atoms with van der Waals surface area (Å²) in [6.45, 7) is 4.04. The summed E-state index contributed by atoms with van der Waals surface area (Å²) in [6, 6.07) is 25.6. The Labute approximate surface area is 273 Å². The van der Waals surface area contributed by atoms with Gasteiger partial charge in [-0.3, -0.25) is 9.36 Å². The molecule has 5 aromatic rings. The molecule has 6 rings (SSSR count). The van der Waals surface area contributed by atoms with Gasteiger partial charge in [-0.2, -0.15) is 0 Å². The van der Waals surface area contributed by atoms with E-state index in [4.69, 9.17) is 19.2 Å². The lowest BCUT2D eigenvalue weighted by Gasteiger charge is -2.25. The molecule has 1 aromatic heterocycles. The van der Waals surface area contributed by atoms with E-state index in [1.165, 1.54) is 34.1 Å². The molecule has 0 saturated heterocycles. The molecule has 0 bridgehead atoms. The lowest BCUT2D eigenvalue weighted by molar-refractivity contribution is -0.138. The van der Waals surface area contributed by atoms with Gasteiger partial charge < -0.3 is 14.2 Å². The van der Waals surface area contributed by atoms with Crippen LogP contribution < -0.4 is 24.4 Å². The third kappa shape index (κ3) is 6.64. The van der Waals surface area contributed by atoms with Gasteiger partial charge in [0.2, 0.25) is 0 Å². The number of hydrogen-bond donors (Lipinski definition) is 0. The highest BCUT2D eigenvalue weighted by Crippen LogP contribution is 2.35. The number of aromatic nitrogens is 1. The van der Waals surface area contributed by atoms with Crippen LogP contribution >= 0.6 is 11.3 Å². The number of carbonyl (C=O) groups excluding carboxylic acids is 1. The van der Waals surface area contributed by atoms with Crippen molar-refractivity contribution < 1.29 is 27.8 Å². The predicted octanol–water partition coefficient (Wildman–Crippen LogP) is 6.19. The molecule has 7 nitrogen and oxygen atoms in total. The van der Waals surface area contributed by atoms with Crippen LogP contribution in [0.25, 0.3) is 11.8 Å². The first-order valence-electron chi connectivity index (χ1n) is 15.0. The maximum absolute atomic E-state index is 14.2. The van der Waals surface area contributed by atoms with Gasteiger partial charge in [0.05, 0.1) is 35.1 Å². The lowest BCUT2D eigenvalue weighted by Crippen LogP contribution is -2.40. The average molecular weight is 653 g/mol. The van der Waals surface area contributed by atoms with E-state index < -0.39 is 17.8 Å². The van der Waals surface area contributed by atoms with Gasteiger partial charge in [-0.25, -0.2) is 18.6 Å². The quantitative estimate of drug-likeness (QED) is 0.168. The maximum Gasteiger partial charge on any atom is 0.338 e. The Bertz CT molecular complexity index is 2140. The molecule has 238 valence electrons. The number of esters is 1. The molecule has 1 atom stereocenters. The zero-order chi connectivity index (χ0) is 32.9. The molecular weight excluding hydrogens is 622 g/mol. The number of hydrogen-bond acceptors (Lipinski definition) is 7. The van der Waals surface area contributed by atoms with Crippen molar-refractivity contribution in [2.45, 2.75) is 26.5 Å². The van der Waals surface area contributed by atoms with Crippen LogP contribution in [0.5, 0.6) is 11.5 Å². The van der Waals surface area contributed by atoms with E-state index in [0.717, 1.165) is 0 Å². The number of halogens is 2. The maximum atomic E-state index is 14.2. The minimum atomic E-state index is -0.920. The van der Waals surface area contributed by atoms with Gasteiger partial charge in [0, 0.05) is 11.1 Å². The molecule has 47 heavy (non-hydrogen) atoms. The smallest absolute Gasteiger partial charge is 0.338 e. The number of benzene rings is 4. The number of ether oxygens (including phenoxy) is 3. The molecule has 2 heterocycles. The highest BCUT2D eigenvalue weighted by Gasteiger charge is 2.35. The number of carbonyl (C=O) groups is 1. The number of nitrogens with zero attached hydrogens (tertiary/aromatic N) is 2. The van der Waals surface area contributed by atoms with E-state index in [0.29, 0.717) is 55.4 Å². The zero-order valence-corrected chi connectivity index (χ0v) is 26.4. The predicted molar refractivity (Wildman–Crippen MR) is 176 cm³/mol. The first kappa shape index (κ1) is 31.6. The minimum Gasteiger partial charge on any atom is -0.490 e. The fourth-order valence-electron chi connectivity index (χ4n) is 5.33. The summed E-state index contributed by atoms with van der Waals surface area (Å²) in [4.78, 5) is 32.9. The normalized spacial score (nSPS) is 14.4. The van der Waals surface area contributed by atoms with Gasteiger partial charge in [-0.1, -0.05) is 78.1 Å². The number of fused-ring (bicyclic) bond motifs is 1. The van der Waals surface area contributed by atoms with Gasteiger partial charge in [-0.05, 0) is 61.4 Å². The first-order chi connectivity index (χ1) is 22.9. The summed E-state index contributed by atoms with van der Waals surface area (Å²) in [7, 11) is 0. The van der Waals surface area contributed by atoms with Crippen molar-refractivity contribution in [3.63, 3.8) is 0 Å². The summed E-state index contributed by atoms with van der Waals surface area (Å²) >= 11 is 1.17. The second kappa shape index (κ2) is 14.0. The Hall–Kier alpha value is -5.35. The molecule has 0 amide bonds. The second-order valence-corrected chi connectivity index (χ2v) is 11.5. The van der Waals surface area contributed by atoms with Crippen LogP contribution in [-0.4, -0.2) is 23.8 Å². The van der Waals surface area contributed by atoms with E-state index in [1.54, 1.807) is 61.5 Å². The Morgan fingerprint density at radius 3 is 2.36 bits per heavy atom. The van der Waals surface area contributed by atoms with Crippen molar-refractivity contribution >= 4 is 29.1 Å². The van der Waals surface area contributed by atoms with Crippen LogP contribution in [-0.2, 0) is 16.1 Å². The monoisotopic (exact) mass is 652 g/mol. The summed E-state index contributed by atoms with van der Waals surface area (Å²) in [6.07, 6.45) is 1.71. The third-order valence-electron chi connectivity index (χ3n) is 7.47. The molecule has 0 radical (unpaired) electrons. The average Bonchev–Trinajstić information content (AvgIpc) is 3.39. The molecule has 0 N–H and O–H groups in total. The van der Waals surface area contributed by atoms with Crippen molar-refractivity contribution in [2.75, 3.05) is 13.2 Å². The van der Waals surface area contributed by atoms with Crippen LogP contribution in [0.3, 0.4) is 0 Å². The standard InChI is InChI=1S/C37H30F2N2O5S/c1-3-44-30-20-23(14-19-29(30)46-22-26-12-8-9-13-28(26)39)21-31-35(42)41-34(25-15-17-27(38)18-16-25)32(36(43)45-4-2)33(40-37(41)47-31)24-10-6-5-7-11-24/h5-21,34H,3-4,22H2,1-2H3/b31-21-/t34-/m1/s1. The summed E-state index contributed by atoms with van der Waals surface area (Å²) < 4.78 is 47.2. The van der Waals surface area contributed by atoms with E-state index in [1.807, 2.05) is 37.3 Å². The fourth-order valence-corrected chi connectivity index (χ4v) is 6.33. The molecule has 0 unspecified atom stereocenters. The molecule has 0 fully saturated rings. The summed E-state index contributed by atoms with van der Waals surface area (Å²) in [5.74, 6) is -0.566. The van der Waals surface area contributed by atoms with E-state index >= 15 is 0 Å². The summed E-state index contributed by atoms with van der Waals surface area (Å²) in [5, 5.41) is 0. The van der Waals surface area contributed by atoms with Crippen LogP contribution in [0.1, 0.15) is 42.1 Å².